The summed E-state index contributed by atoms with van der Waals surface area (Å²) in [5.41, 5.74) is 7.52. The van der Waals surface area contributed by atoms with Gasteiger partial charge in [-0.15, -0.1) is 0 Å². The third-order valence-electron chi connectivity index (χ3n) is 3.37. The summed E-state index contributed by atoms with van der Waals surface area (Å²) in [6.45, 7) is 0.450. The number of nitrogens with two attached hydrogens (primary N) is 1. The number of nitrogens with zero attached hydrogens (tertiary/aromatic N) is 2. The van der Waals surface area contributed by atoms with Gasteiger partial charge in [-0.25, -0.2) is 4.98 Å². The highest BCUT2D eigenvalue weighted by molar-refractivity contribution is 6.30. The minimum atomic E-state index is -0.183. The first-order valence-electron chi connectivity index (χ1n) is 7.22. The average Bonchev–Trinajstić information content (AvgIpc) is 2.58. The van der Waals surface area contributed by atoms with Crippen LogP contribution in [0.3, 0.4) is 0 Å². The first kappa shape index (κ1) is 17.1. The van der Waals surface area contributed by atoms with Crippen LogP contribution < -0.4 is 15.2 Å². The quantitative estimate of drug-likeness (QED) is 0.785. The Balaban J connectivity index is 1.88. The Hall–Kier alpha value is -2.29. The van der Waals surface area contributed by atoms with Crippen molar-refractivity contribution in [3.8, 4) is 17.7 Å². The molecule has 23 heavy (non-hydrogen) atoms. The van der Waals surface area contributed by atoms with Gasteiger partial charge in [0, 0.05) is 28.9 Å². The highest BCUT2D eigenvalue weighted by atomic mass is 35.5. The largest absolute Gasteiger partial charge is 0.492 e. The number of nitriles is 1. The van der Waals surface area contributed by atoms with Crippen LogP contribution in [-0.2, 0) is 0 Å². The Labute approximate surface area is 140 Å². The van der Waals surface area contributed by atoms with Gasteiger partial charge in [-0.1, -0.05) is 17.7 Å². The normalized spacial score (nSPS) is 11.6. The molecule has 2 rings (SSSR count). The Kier molecular flexibility index (Phi) is 6.21. The second-order valence-corrected chi connectivity index (χ2v) is 5.39. The van der Waals surface area contributed by atoms with E-state index in [1.807, 2.05) is 12.1 Å². The molecule has 0 aliphatic heterocycles. The number of aromatic nitrogens is 1. The zero-order valence-electron chi connectivity index (χ0n) is 12.8. The van der Waals surface area contributed by atoms with Crippen molar-refractivity contribution < 1.29 is 9.47 Å². The lowest BCUT2D eigenvalue weighted by molar-refractivity contribution is 0.300. The summed E-state index contributed by atoms with van der Waals surface area (Å²) >= 11 is 5.92. The number of ether oxygens (including phenoxy) is 2. The number of hydrogen-bond donors (Lipinski definition) is 1. The average molecular weight is 332 g/mol. The van der Waals surface area contributed by atoms with Gasteiger partial charge in [0.15, 0.2) is 0 Å². The van der Waals surface area contributed by atoms with E-state index in [1.165, 1.54) is 0 Å². The van der Waals surface area contributed by atoms with Crippen LogP contribution in [0, 0.1) is 11.3 Å². The maximum absolute atomic E-state index is 9.05. The van der Waals surface area contributed by atoms with Crippen molar-refractivity contribution in [1.82, 2.24) is 4.98 Å². The van der Waals surface area contributed by atoms with E-state index in [1.54, 1.807) is 31.5 Å². The summed E-state index contributed by atoms with van der Waals surface area (Å²) in [5, 5.41) is 9.58. The Bertz CT molecular complexity index is 700. The number of benzene rings is 1. The van der Waals surface area contributed by atoms with Gasteiger partial charge in [0.2, 0.25) is 5.88 Å². The van der Waals surface area contributed by atoms with Crippen LogP contribution in [-0.4, -0.2) is 18.7 Å². The van der Waals surface area contributed by atoms with Crippen LogP contribution in [0.2, 0.25) is 5.02 Å². The number of hydrogen-bond acceptors (Lipinski definition) is 5. The molecule has 1 unspecified atom stereocenters. The summed E-state index contributed by atoms with van der Waals surface area (Å²) in [5.74, 6) is 1.04. The predicted molar refractivity (Wildman–Crippen MR) is 88.6 cm³/mol. The van der Waals surface area contributed by atoms with Crippen molar-refractivity contribution in [2.24, 2.45) is 5.73 Å². The maximum Gasteiger partial charge on any atom is 0.217 e. The molecule has 1 heterocycles. The first-order valence-corrected chi connectivity index (χ1v) is 7.60. The molecule has 120 valence electrons. The van der Waals surface area contributed by atoms with Gasteiger partial charge in [0.1, 0.15) is 11.8 Å². The standard InChI is InChI=1S/C17H18ClN3O2/c1-22-17-14(4-2-8-21-17)15(20)5-3-9-23-16-10-13(18)7-6-12(16)11-19/h2,4,6-8,10,15H,3,5,9,20H2,1H3. The molecule has 2 N–H and O–H groups in total. The highest BCUT2D eigenvalue weighted by Gasteiger charge is 2.12. The molecule has 1 atom stereocenters. The minimum absolute atomic E-state index is 0.183. The Morgan fingerprint density at radius 1 is 1.39 bits per heavy atom. The van der Waals surface area contributed by atoms with Gasteiger partial charge < -0.3 is 15.2 Å². The van der Waals surface area contributed by atoms with E-state index in [0.29, 0.717) is 35.2 Å². The van der Waals surface area contributed by atoms with Gasteiger partial charge >= 0.3 is 0 Å². The van der Waals surface area contributed by atoms with Crippen LogP contribution in [0.1, 0.15) is 30.0 Å². The van der Waals surface area contributed by atoms with E-state index < -0.39 is 0 Å². The summed E-state index contributed by atoms with van der Waals surface area (Å²) < 4.78 is 10.9. The fraction of sp³-hybridized carbons (Fsp3) is 0.294. The van der Waals surface area contributed by atoms with E-state index >= 15 is 0 Å². The first-order chi connectivity index (χ1) is 11.2. The summed E-state index contributed by atoms with van der Waals surface area (Å²) in [7, 11) is 1.57. The van der Waals surface area contributed by atoms with E-state index in [4.69, 9.17) is 32.1 Å². The fourth-order valence-electron chi connectivity index (χ4n) is 2.20. The lowest BCUT2D eigenvalue weighted by atomic mass is 10.0. The molecule has 0 fully saturated rings. The van der Waals surface area contributed by atoms with Crippen molar-refractivity contribution in [3.63, 3.8) is 0 Å². The Morgan fingerprint density at radius 3 is 2.96 bits per heavy atom. The second kappa shape index (κ2) is 8.37. The summed E-state index contributed by atoms with van der Waals surface area (Å²) in [6, 6.07) is 10.6. The molecule has 0 spiro atoms. The summed E-state index contributed by atoms with van der Waals surface area (Å²) in [6.07, 6.45) is 3.11. The van der Waals surface area contributed by atoms with Crippen LogP contribution in [0.25, 0.3) is 0 Å². The molecule has 1 aromatic carbocycles. The zero-order chi connectivity index (χ0) is 16.7. The second-order valence-electron chi connectivity index (χ2n) is 4.95. The van der Waals surface area contributed by atoms with Crippen molar-refractivity contribution in [1.29, 1.82) is 5.26 Å². The van der Waals surface area contributed by atoms with E-state index in [9.17, 15) is 0 Å². The number of methoxy groups -OCH3 is 1. The SMILES string of the molecule is COc1ncccc1C(N)CCCOc1cc(Cl)ccc1C#N. The smallest absolute Gasteiger partial charge is 0.217 e. The van der Waals surface area contributed by atoms with E-state index in [-0.39, 0.29) is 6.04 Å². The van der Waals surface area contributed by atoms with Crippen molar-refractivity contribution >= 4 is 11.6 Å². The molecule has 6 heteroatoms. The lowest BCUT2D eigenvalue weighted by Gasteiger charge is -2.15. The highest BCUT2D eigenvalue weighted by Crippen LogP contribution is 2.25. The molecule has 2 aromatic rings. The van der Waals surface area contributed by atoms with Crippen molar-refractivity contribution in [2.45, 2.75) is 18.9 Å². The third kappa shape index (κ3) is 4.59. The van der Waals surface area contributed by atoms with Gasteiger partial charge in [-0.3, -0.25) is 0 Å². The van der Waals surface area contributed by atoms with Crippen molar-refractivity contribution in [2.75, 3.05) is 13.7 Å². The predicted octanol–water partition coefficient (Wildman–Crippen LogP) is 3.47. The Morgan fingerprint density at radius 2 is 2.22 bits per heavy atom. The molecule has 0 aliphatic carbocycles. The number of halogens is 1. The minimum Gasteiger partial charge on any atom is -0.492 e. The van der Waals surface area contributed by atoms with E-state index in [0.717, 1.165) is 12.0 Å². The topological polar surface area (TPSA) is 81.2 Å². The molecule has 1 aromatic heterocycles. The van der Waals surface area contributed by atoms with E-state index in [2.05, 4.69) is 11.1 Å². The molecule has 0 saturated heterocycles. The molecular weight excluding hydrogens is 314 g/mol. The van der Waals surface area contributed by atoms with Gasteiger partial charge in [0.05, 0.1) is 19.3 Å². The molecule has 0 amide bonds. The third-order valence-corrected chi connectivity index (χ3v) is 3.61. The lowest BCUT2D eigenvalue weighted by Crippen LogP contribution is -2.13. The molecule has 0 radical (unpaired) electrons. The molecular formula is C17H18ClN3O2. The number of pyridine rings is 1. The summed E-state index contributed by atoms with van der Waals surface area (Å²) in [4.78, 5) is 4.14. The number of rotatable bonds is 7. The monoisotopic (exact) mass is 331 g/mol. The zero-order valence-corrected chi connectivity index (χ0v) is 13.6. The molecule has 0 saturated carbocycles. The molecule has 5 nitrogen and oxygen atoms in total. The fourth-order valence-corrected chi connectivity index (χ4v) is 2.37. The van der Waals surface area contributed by atoms with Crippen LogP contribution in [0.4, 0.5) is 0 Å². The van der Waals surface area contributed by atoms with Gasteiger partial charge in [-0.05, 0) is 31.0 Å². The maximum atomic E-state index is 9.05. The van der Waals surface area contributed by atoms with Gasteiger partial charge in [0.25, 0.3) is 0 Å². The van der Waals surface area contributed by atoms with Gasteiger partial charge in [-0.2, -0.15) is 5.26 Å². The van der Waals surface area contributed by atoms with Crippen LogP contribution in [0.5, 0.6) is 11.6 Å². The van der Waals surface area contributed by atoms with Crippen LogP contribution in [0.15, 0.2) is 36.5 Å². The molecule has 0 aliphatic rings. The van der Waals surface area contributed by atoms with Crippen molar-refractivity contribution in [3.05, 3.63) is 52.7 Å². The van der Waals surface area contributed by atoms with Crippen LogP contribution >= 0.6 is 11.6 Å². The molecule has 0 bridgehead atoms.